The lowest BCUT2D eigenvalue weighted by molar-refractivity contribution is -0.134. The number of aromatic nitrogens is 3. The molecular formula is C35H41N7O8. The molecule has 50 heavy (non-hydrogen) atoms. The molecule has 264 valence electrons. The number of carbonyl (C=O) groups is 4. The summed E-state index contributed by atoms with van der Waals surface area (Å²) in [6.07, 6.45) is 7.81. The largest absolute Gasteiger partial charge is 0.478 e. The third kappa shape index (κ3) is 16.0. The van der Waals surface area contributed by atoms with Crippen LogP contribution in [0.25, 0.3) is 0 Å². The van der Waals surface area contributed by atoms with Crippen molar-refractivity contribution in [2.45, 2.75) is 24.9 Å². The fourth-order valence-corrected chi connectivity index (χ4v) is 4.43. The van der Waals surface area contributed by atoms with Gasteiger partial charge in [-0.3, -0.25) is 0 Å². The van der Waals surface area contributed by atoms with E-state index in [4.69, 9.17) is 20.4 Å². The fourth-order valence-electron chi connectivity index (χ4n) is 4.43. The smallest absolute Gasteiger partial charge is 0.328 e. The van der Waals surface area contributed by atoms with E-state index in [9.17, 15) is 19.2 Å². The maximum atomic E-state index is 9.55. The molecule has 0 radical (unpaired) electrons. The predicted molar refractivity (Wildman–Crippen MR) is 189 cm³/mol. The first-order chi connectivity index (χ1) is 24.0. The van der Waals surface area contributed by atoms with Gasteiger partial charge in [0.25, 0.3) is 0 Å². The Morgan fingerprint density at radius 1 is 0.680 bits per heavy atom. The van der Waals surface area contributed by atoms with Crippen LogP contribution in [0, 0.1) is 0 Å². The van der Waals surface area contributed by atoms with Gasteiger partial charge in [-0.05, 0) is 24.0 Å². The highest BCUT2D eigenvalue weighted by molar-refractivity contribution is 5.90. The summed E-state index contributed by atoms with van der Waals surface area (Å²) < 4.78 is 0. The summed E-state index contributed by atoms with van der Waals surface area (Å²) in [5, 5.41) is 41.5. The van der Waals surface area contributed by atoms with Crippen molar-refractivity contribution in [3.8, 4) is 0 Å². The van der Waals surface area contributed by atoms with Gasteiger partial charge in [0, 0.05) is 56.5 Å². The Balaban J connectivity index is 0.000000450. The van der Waals surface area contributed by atoms with Gasteiger partial charge in [-0.1, -0.05) is 72.8 Å². The molecule has 1 aliphatic rings. The molecule has 15 heteroatoms. The minimum absolute atomic E-state index is 0.167. The number of piperidine rings is 1. The second kappa shape index (κ2) is 22.3. The highest BCUT2D eigenvalue weighted by Gasteiger charge is 2.25. The molecule has 0 spiro atoms. The van der Waals surface area contributed by atoms with Crippen molar-refractivity contribution in [1.82, 2.24) is 20.3 Å². The molecule has 15 nitrogen and oxygen atoms in total. The lowest BCUT2D eigenvalue weighted by atomic mass is 9.95. The zero-order chi connectivity index (χ0) is 36.7. The second-order valence-electron chi connectivity index (χ2n) is 10.3. The van der Waals surface area contributed by atoms with Crippen LogP contribution >= 0.6 is 0 Å². The Kier molecular flexibility index (Phi) is 17.7. The third-order valence-corrected chi connectivity index (χ3v) is 6.62. The molecule has 1 aliphatic heterocycles. The van der Waals surface area contributed by atoms with E-state index in [2.05, 4.69) is 110 Å². The van der Waals surface area contributed by atoms with E-state index in [1.165, 1.54) is 11.1 Å². The molecule has 0 unspecified atom stereocenters. The molecule has 0 saturated carbocycles. The summed E-state index contributed by atoms with van der Waals surface area (Å²) in [5.74, 6) is -3.25. The minimum atomic E-state index is -1.26. The zero-order valence-corrected chi connectivity index (χ0v) is 27.3. The topological polar surface area (TPSA) is 227 Å². The van der Waals surface area contributed by atoms with Crippen molar-refractivity contribution < 1.29 is 39.6 Å². The second-order valence-corrected chi connectivity index (χ2v) is 10.3. The van der Waals surface area contributed by atoms with Gasteiger partial charge in [-0.25, -0.2) is 19.2 Å². The minimum Gasteiger partial charge on any atom is -0.478 e. The molecule has 0 aliphatic carbocycles. The van der Waals surface area contributed by atoms with E-state index in [1.807, 2.05) is 0 Å². The standard InChI is InChI=1S/C27H33N7.2C4H4O4/c1-3-17-28-25-31-26(29-18-4-2)33-27(32-25)34-19-15-23(16-20-34)30-24(21-11-7-5-8-12-21)22-13-9-6-10-14-22;2*5-3(6)1-2-4(7)8/h3-14,23-24,30H,1-2,15-20H2,(H2,28,29,31,32,33);2*1-2H,(H,5,6)(H,7,8)/b;2*2-1+. The Morgan fingerprint density at radius 2 is 1.06 bits per heavy atom. The zero-order valence-electron chi connectivity index (χ0n) is 27.3. The van der Waals surface area contributed by atoms with Crippen molar-refractivity contribution in [3.05, 3.63) is 121 Å². The maximum Gasteiger partial charge on any atom is 0.328 e. The van der Waals surface area contributed by atoms with Crippen molar-refractivity contribution in [3.63, 3.8) is 0 Å². The first kappa shape index (κ1) is 39.8. The number of hydrogen-bond acceptors (Lipinski definition) is 11. The molecule has 2 heterocycles. The molecule has 1 fully saturated rings. The first-order valence-electron chi connectivity index (χ1n) is 15.4. The van der Waals surface area contributed by atoms with Gasteiger partial charge in [0.05, 0.1) is 6.04 Å². The average Bonchev–Trinajstić information content (AvgIpc) is 3.12. The third-order valence-electron chi connectivity index (χ3n) is 6.62. The van der Waals surface area contributed by atoms with E-state index in [0.717, 1.165) is 25.9 Å². The van der Waals surface area contributed by atoms with Crippen LogP contribution in [0.1, 0.15) is 30.0 Å². The predicted octanol–water partition coefficient (Wildman–Crippen LogP) is 3.84. The summed E-state index contributed by atoms with van der Waals surface area (Å²) in [6.45, 7) is 10.4. The summed E-state index contributed by atoms with van der Waals surface area (Å²) >= 11 is 0. The SMILES string of the molecule is C=CCNc1nc(NCC=C)nc(N2CCC(NC(c3ccccc3)c3ccccc3)CC2)n1.O=C(O)/C=C/C(=O)O.O=C(O)/C=C/C(=O)O. The Labute approximate surface area is 289 Å². The summed E-state index contributed by atoms with van der Waals surface area (Å²) in [5.41, 5.74) is 2.56. The van der Waals surface area contributed by atoms with Crippen LogP contribution in [0.2, 0.25) is 0 Å². The number of nitrogens with zero attached hydrogens (tertiary/aromatic N) is 4. The number of carboxylic acids is 4. The van der Waals surface area contributed by atoms with Crippen LogP contribution in [-0.4, -0.2) is 91.5 Å². The van der Waals surface area contributed by atoms with Crippen molar-refractivity contribution in [1.29, 1.82) is 0 Å². The Hall–Kier alpha value is -6.35. The first-order valence-corrected chi connectivity index (χ1v) is 15.4. The van der Waals surface area contributed by atoms with Crippen LogP contribution in [0.5, 0.6) is 0 Å². The van der Waals surface area contributed by atoms with Gasteiger partial charge >= 0.3 is 23.9 Å². The van der Waals surface area contributed by atoms with Crippen molar-refractivity contribution >= 4 is 41.7 Å². The number of rotatable bonds is 15. The van der Waals surface area contributed by atoms with Gasteiger partial charge in [0.2, 0.25) is 17.8 Å². The van der Waals surface area contributed by atoms with E-state index in [1.54, 1.807) is 12.2 Å². The van der Waals surface area contributed by atoms with Gasteiger partial charge in [0.1, 0.15) is 0 Å². The molecule has 7 N–H and O–H groups in total. The van der Waals surface area contributed by atoms with Crippen LogP contribution in [0.4, 0.5) is 17.8 Å². The van der Waals surface area contributed by atoms with Crippen LogP contribution in [0.15, 0.2) is 110 Å². The number of benzene rings is 2. The quantitative estimate of drug-likeness (QED) is 0.0890. The molecule has 4 rings (SSSR count). The molecule has 1 saturated heterocycles. The normalized spacial score (nSPS) is 12.6. The summed E-state index contributed by atoms with van der Waals surface area (Å²) in [4.78, 5) is 54.2. The number of nitrogens with one attached hydrogen (secondary N) is 3. The monoisotopic (exact) mass is 687 g/mol. The van der Waals surface area contributed by atoms with Gasteiger partial charge in [-0.15, -0.1) is 13.2 Å². The van der Waals surface area contributed by atoms with Gasteiger partial charge in [-0.2, -0.15) is 15.0 Å². The van der Waals surface area contributed by atoms with Gasteiger partial charge in [0.15, 0.2) is 0 Å². The Morgan fingerprint density at radius 3 is 1.40 bits per heavy atom. The maximum absolute atomic E-state index is 9.55. The molecule has 3 aromatic rings. The van der Waals surface area contributed by atoms with Crippen molar-refractivity contribution in [2.24, 2.45) is 0 Å². The lowest BCUT2D eigenvalue weighted by Gasteiger charge is -2.35. The molecule has 0 bridgehead atoms. The number of hydrogen-bond donors (Lipinski definition) is 7. The lowest BCUT2D eigenvalue weighted by Crippen LogP contribution is -2.44. The molecular weight excluding hydrogens is 646 g/mol. The highest BCUT2D eigenvalue weighted by Crippen LogP contribution is 2.26. The average molecular weight is 688 g/mol. The Bertz CT molecular complexity index is 1470. The molecule has 0 amide bonds. The molecule has 0 atom stereocenters. The van der Waals surface area contributed by atoms with E-state index < -0.39 is 23.9 Å². The van der Waals surface area contributed by atoms with Crippen LogP contribution < -0.4 is 20.9 Å². The van der Waals surface area contributed by atoms with Crippen LogP contribution in [-0.2, 0) is 19.2 Å². The van der Waals surface area contributed by atoms with Crippen LogP contribution in [0.3, 0.4) is 0 Å². The summed E-state index contributed by atoms with van der Waals surface area (Å²) in [7, 11) is 0. The van der Waals surface area contributed by atoms with Crippen molar-refractivity contribution in [2.75, 3.05) is 41.7 Å². The summed E-state index contributed by atoms with van der Waals surface area (Å²) in [6, 6.07) is 21.9. The van der Waals surface area contributed by atoms with E-state index >= 15 is 0 Å². The number of aliphatic carboxylic acids is 4. The highest BCUT2D eigenvalue weighted by atomic mass is 16.4. The van der Waals surface area contributed by atoms with E-state index in [0.29, 0.717) is 61.3 Å². The number of carboxylic acid groups (broad SMARTS) is 4. The molecule has 1 aromatic heterocycles. The number of anilines is 3. The van der Waals surface area contributed by atoms with Gasteiger partial charge < -0.3 is 41.3 Å². The molecule has 2 aromatic carbocycles. The van der Waals surface area contributed by atoms with E-state index in [-0.39, 0.29) is 6.04 Å². The fraction of sp³-hybridized carbons (Fsp3) is 0.229.